The van der Waals surface area contributed by atoms with Gasteiger partial charge in [0.25, 0.3) is 0 Å². The molecule has 0 spiro atoms. The van der Waals surface area contributed by atoms with E-state index in [9.17, 15) is 4.79 Å². The summed E-state index contributed by atoms with van der Waals surface area (Å²) >= 11 is -0.625. The molecule has 0 aliphatic rings. The SMILES string of the molecule is Cc1ccc(Cn2c(N)c([Se]C(N)=O)c3c(N)ncnc32)cc1. The van der Waals surface area contributed by atoms with Crippen LogP contribution >= 0.6 is 0 Å². The van der Waals surface area contributed by atoms with Crippen molar-refractivity contribution in [3.8, 4) is 0 Å². The number of fused-ring (bicyclic) bond motifs is 1. The monoisotopic (exact) mass is 376 g/mol. The van der Waals surface area contributed by atoms with Crippen molar-refractivity contribution in [2.24, 2.45) is 5.73 Å². The molecule has 8 heteroatoms. The van der Waals surface area contributed by atoms with E-state index < -0.39 is 19.8 Å². The molecule has 3 aromatic rings. The van der Waals surface area contributed by atoms with Crippen LogP contribution in [0.4, 0.5) is 16.4 Å². The minimum atomic E-state index is -0.625. The predicted octanol–water partition coefficient (Wildman–Crippen LogP) is 0.361. The summed E-state index contributed by atoms with van der Waals surface area (Å²) in [6.07, 6.45) is 1.39. The summed E-state index contributed by atoms with van der Waals surface area (Å²) in [5.74, 6) is 0.772. The number of carbonyl (C=O) groups excluding carboxylic acids is 1. The van der Waals surface area contributed by atoms with Gasteiger partial charge in [0, 0.05) is 0 Å². The average Bonchev–Trinajstić information content (AvgIpc) is 2.76. The summed E-state index contributed by atoms with van der Waals surface area (Å²) in [5.41, 5.74) is 20.5. The molecule has 0 saturated heterocycles. The van der Waals surface area contributed by atoms with E-state index in [1.165, 1.54) is 11.9 Å². The zero-order valence-electron chi connectivity index (χ0n) is 12.5. The van der Waals surface area contributed by atoms with Crippen molar-refractivity contribution in [1.29, 1.82) is 0 Å². The summed E-state index contributed by atoms with van der Waals surface area (Å²) in [5, 5.41) is 0.621. The maximum atomic E-state index is 11.4. The second-order valence-corrected chi connectivity index (χ2v) is 7.29. The number of rotatable bonds is 4. The molecule has 0 unspecified atom stereocenters. The normalized spacial score (nSPS) is 11.0. The summed E-state index contributed by atoms with van der Waals surface area (Å²) in [4.78, 5) is 19.3. The molecule has 0 radical (unpaired) electrons. The van der Waals surface area contributed by atoms with Gasteiger partial charge in [-0.1, -0.05) is 0 Å². The molecular weight excluding hydrogens is 359 g/mol. The Morgan fingerprint density at radius 2 is 1.91 bits per heavy atom. The second kappa shape index (κ2) is 5.91. The van der Waals surface area contributed by atoms with Crippen molar-refractivity contribution < 1.29 is 4.79 Å². The van der Waals surface area contributed by atoms with Crippen LogP contribution in [0.1, 0.15) is 11.1 Å². The van der Waals surface area contributed by atoms with E-state index in [-0.39, 0.29) is 0 Å². The quantitative estimate of drug-likeness (QED) is 0.568. The van der Waals surface area contributed by atoms with Gasteiger partial charge in [0.1, 0.15) is 0 Å². The molecule has 0 aliphatic carbocycles. The van der Waals surface area contributed by atoms with E-state index in [0.29, 0.717) is 33.7 Å². The van der Waals surface area contributed by atoms with Gasteiger partial charge >= 0.3 is 139 Å². The van der Waals surface area contributed by atoms with Gasteiger partial charge in [0.15, 0.2) is 0 Å². The van der Waals surface area contributed by atoms with Gasteiger partial charge in [-0.2, -0.15) is 0 Å². The first-order valence-electron chi connectivity index (χ1n) is 6.88. The average molecular weight is 375 g/mol. The van der Waals surface area contributed by atoms with E-state index >= 15 is 0 Å². The molecule has 6 N–H and O–H groups in total. The van der Waals surface area contributed by atoms with Crippen molar-refractivity contribution in [1.82, 2.24) is 14.5 Å². The number of nitrogens with zero attached hydrogens (tertiary/aromatic N) is 3. The molecule has 0 fully saturated rings. The van der Waals surface area contributed by atoms with Crippen LogP contribution in [-0.4, -0.2) is 34.3 Å². The van der Waals surface area contributed by atoms with Crippen molar-refractivity contribution in [3.05, 3.63) is 41.7 Å². The molecule has 2 heterocycles. The summed E-state index contributed by atoms with van der Waals surface area (Å²) in [7, 11) is 0. The Morgan fingerprint density at radius 3 is 2.57 bits per heavy atom. The molecule has 7 nitrogen and oxygen atoms in total. The molecule has 0 atom stereocenters. The molecule has 23 heavy (non-hydrogen) atoms. The summed E-state index contributed by atoms with van der Waals surface area (Å²) in [6.45, 7) is 2.57. The number of anilines is 2. The first-order valence-corrected chi connectivity index (χ1v) is 8.59. The summed E-state index contributed by atoms with van der Waals surface area (Å²) < 4.78 is 2.49. The number of amides is 1. The van der Waals surface area contributed by atoms with Crippen LogP contribution in [0.2, 0.25) is 0 Å². The number of nitrogens with two attached hydrogens (primary N) is 3. The zero-order valence-corrected chi connectivity index (χ0v) is 14.2. The Hall–Kier alpha value is -2.57. The number of hydrogen-bond acceptors (Lipinski definition) is 5. The van der Waals surface area contributed by atoms with Gasteiger partial charge in [-0.25, -0.2) is 0 Å². The molecule has 118 valence electrons. The number of benzene rings is 1. The Kier molecular flexibility index (Phi) is 3.94. The molecule has 1 amide bonds. The van der Waals surface area contributed by atoms with E-state index in [2.05, 4.69) is 9.97 Å². The van der Waals surface area contributed by atoms with Crippen LogP contribution in [0, 0.1) is 6.92 Å². The fraction of sp³-hybridized carbons (Fsp3) is 0.133. The van der Waals surface area contributed by atoms with E-state index in [4.69, 9.17) is 17.2 Å². The van der Waals surface area contributed by atoms with Gasteiger partial charge in [0.2, 0.25) is 0 Å². The van der Waals surface area contributed by atoms with Crippen molar-refractivity contribution in [3.63, 3.8) is 0 Å². The van der Waals surface area contributed by atoms with Gasteiger partial charge < -0.3 is 0 Å². The van der Waals surface area contributed by atoms with Crippen LogP contribution in [0.25, 0.3) is 11.0 Å². The number of aryl methyl sites for hydroxylation is 1. The fourth-order valence-electron chi connectivity index (χ4n) is 2.42. The first-order chi connectivity index (χ1) is 11.0. The van der Waals surface area contributed by atoms with Crippen LogP contribution < -0.4 is 21.7 Å². The third-order valence-electron chi connectivity index (χ3n) is 3.53. The third-order valence-corrected chi connectivity index (χ3v) is 5.24. The fourth-order valence-corrected chi connectivity index (χ4v) is 3.91. The Balaban J connectivity index is 2.16. The van der Waals surface area contributed by atoms with Gasteiger partial charge in [-0.05, 0) is 0 Å². The Morgan fingerprint density at radius 1 is 1.22 bits per heavy atom. The number of primary amides is 1. The van der Waals surface area contributed by atoms with Gasteiger partial charge in [-0.15, -0.1) is 0 Å². The van der Waals surface area contributed by atoms with E-state index in [0.717, 1.165) is 5.56 Å². The first kappa shape index (κ1) is 15.3. The van der Waals surface area contributed by atoms with Crippen LogP contribution in [0.5, 0.6) is 0 Å². The summed E-state index contributed by atoms with van der Waals surface area (Å²) in [6, 6.07) is 8.14. The number of nitrogen functional groups attached to an aromatic ring is 2. The van der Waals surface area contributed by atoms with Crippen LogP contribution in [0.3, 0.4) is 0 Å². The molecular formula is C15H16N6OSe. The molecule has 1 aromatic carbocycles. The Bertz CT molecular complexity index is 887. The molecule has 2 aromatic heterocycles. The van der Waals surface area contributed by atoms with Gasteiger partial charge in [-0.3, -0.25) is 0 Å². The number of aromatic nitrogens is 3. The second-order valence-electron chi connectivity index (χ2n) is 5.16. The van der Waals surface area contributed by atoms with Crippen molar-refractivity contribution in [2.45, 2.75) is 13.5 Å². The van der Waals surface area contributed by atoms with Gasteiger partial charge in [0.05, 0.1) is 0 Å². The molecule has 0 aliphatic heterocycles. The van der Waals surface area contributed by atoms with Crippen molar-refractivity contribution in [2.75, 3.05) is 11.5 Å². The Labute approximate surface area is 139 Å². The molecule has 0 saturated carbocycles. The third kappa shape index (κ3) is 2.86. The standard InChI is InChI=1S/C15H16N6OSe/c1-8-2-4-9(5-3-8)6-21-13(17)11(23-15(18)22)10-12(16)19-7-20-14(10)21/h2-5,7H,6,17H2,1H3,(H2,18,22)(H2,16,19,20). The van der Waals surface area contributed by atoms with Crippen molar-refractivity contribution >= 4 is 46.9 Å². The minimum absolute atomic E-state index is 0.308. The molecule has 3 rings (SSSR count). The maximum absolute atomic E-state index is 11.4. The topological polar surface area (TPSA) is 126 Å². The van der Waals surface area contributed by atoms with E-state index in [1.807, 2.05) is 35.8 Å². The molecule has 0 bridgehead atoms. The van der Waals surface area contributed by atoms with E-state index in [1.54, 1.807) is 0 Å². The van der Waals surface area contributed by atoms with Crippen LogP contribution in [-0.2, 0) is 6.54 Å². The number of hydrogen-bond donors (Lipinski definition) is 3. The zero-order chi connectivity index (χ0) is 16.6. The predicted molar refractivity (Wildman–Crippen MR) is 91.6 cm³/mol. The number of carbonyl (C=O) groups is 1. The van der Waals surface area contributed by atoms with Crippen LogP contribution in [0.15, 0.2) is 30.6 Å².